The second kappa shape index (κ2) is 7.84. The molecule has 11 nitrogen and oxygen atoms in total. The van der Waals surface area contributed by atoms with Gasteiger partial charge in [0.15, 0.2) is 17.2 Å². The van der Waals surface area contributed by atoms with Crippen molar-refractivity contribution in [2.45, 2.75) is 13.0 Å². The molecule has 2 heterocycles. The van der Waals surface area contributed by atoms with Crippen LogP contribution in [-0.2, 0) is 14.4 Å². The third-order valence-corrected chi connectivity index (χ3v) is 5.43. The van der Waals surface area contributed by atoms with Crippen LogP contribution in [0.3, 0.4) is 0 Å². The number of nitro benzene ring substituents is 1. The molecule has 0 N–H and O–H groups in total. The van der Waals surface area contributed by atoms with Crippen LogP contribution in [0.1, 0.15) is 11.1 Å². The molecule has 11 heteroatoms. The highest BCUT2D eigenvalue weighted by Crippen LogP contribution is 2.41. The third-order valence-electron chi connectivity index (χ3n) is 5.43. The number of anilines is 1. The zero-order chi connectivity index (χ0) is 23.2. The number of imide groups is 1. The van der Waals surface area contributed by atoms with Gasteiger partial charge in [0.25, 0.3) is 5.91 Å². The van der Waals surface area contributed by atoms with E-state index >= 15 is 0 Å². The summed E-state index contributed by atoms with van der Waals surface area (Å²) in [6.45, 7) is 1.57. The number of hydrogen-bond donors (Lipinski definition) is 0. The summed E-state index contributed by atoms with van der Waals surface area (Å²) in [6.07, 6.45) is -1.13. The zero-order valence-corrected chi connectivity index (χ0v) is 17.6. The molecule has 2 aromatic carbocycles. The van der Waals surface area contributed by atoms with Crippen molar-refractivity contribution in [1.29, 1.82) is 0 Å². The van der Waals surface area contributed by atoms with E-state index in [0.717, 1.165) is 4.90 Å². The Morgan fingerprint density at radius 1 is 1.00 bits per heavy atom. The van der Waals surface area contributed by atoms with E-state index in [4.69, 9.17) is 19.0 Å². The molecule has 2 aromatic rings. The van der Waals surface area contributed by atoms with Crippen LogP contribution in [0.5, 0.6) is 17.2 Å². The Kier molecular flexibility index (Phi) is 5.17. The van der Waals surface area contributed by atoms with Crippen molar-refractivity contribution in [2.24, 2.45) is 11.1 Å². The number of aryl methyl sites for hydroxylation is 1. The van der Waals surface area contributed by atoms with E-state index in [9.17, 15) is 19.7 Å². The maximum absolute atomic E-state index is 13.3. The van der Waals surface area contributed by atoms with Crippen LogP contribution in [0, 0.1) is 23.0 Å². The second-order valence-corrected chi connectivity index (χ2v) is 7.13. The molecule has 0 aromatic heterocycles. The highest BCUT2D eigenvalue weighted by atomic mass is 16.7. The molecule has 2 aliphatic rings. The molecule has 0 unspecified atom stereocenters. The quantitative estimate of drug-likeness (QED) is 0.379. The summed E-state index contributed by atoms with van der Waals surface area (Å²) in [5.74, 6) is -1.27. The summed E-state index contributed by atoms with van der Waals surface area (Å²) in [4.78, 5) is 43.4. The Morgan fingerprint density at radius 2 is 1.69 bits per heavy atom. The van der Waals surface area contributed by atoms with Gasteiger partial charge in [-0.15, -0.1) is 0 Å². The standard InChI is InChI=1S/C21H19N3O8/c1-10-7-13(24(27)28)15(30-3)9-12(10)23-20(25)17-18(22-32-19(17)21(23)26)11-5-6-14(29-2)16(8-11)31-4/h5-9,17,19H,1-4H3/t17-,19+/m0/s1. The fraction of sp³-hybridized carbons (Fsp3) is 0.286. The first-order valence-corrected chi connectivity index (χ1v) is 9.49. The summed E-state index contributed by atoms with van der Waals surface area (Å²) in [5.41, 5.74) is 1.10. The number of ether oxygens (including phenoxy) is 3. The number of methoxy groups -OCH3 is 3. The number of carbonyl (C=O) groups excluding carboxylic acids is 2. The van der Waals surface area contributed by atoms with Crippen LogP contribution < -0.4 is 19.1 Å². The fourth-order valence-corrected chi connectivity index (χ4v) is 3.86. The average molecular weight is 441 g/mol. The lowest BCUT2D eigenvalue weighted by Crippen LogP contribution is -2.33. The van der Waals surface area contributed by atoms with Gasteiger partial charge in [-0.3, -0.25) is 19.7 Å². The first kappa shape index (κ1) is 21.1. The van der Waals surface area contributed by atoms with Gasteiger partial charge in [-0.05, 0) is 30.7 Å². The van der Waals surface area contributed by atoms with E-state index in [0.29, 0.717) is 22.6 Å². The Balaban J connectivity index is 1.73. The molecule has 2 amide bonds. The maximum atomic E-state index is 13.3. The summed E-state index contributed by atoms with van der Waals surface area (Å²) in [7, 11) is 4.25. The maximum Gasteiger partial charge on any atom is 0.311 e. The van der Waals surface area contributed by atoms with E-state index in [1.165, 1.54) is 33.5 Å². The minimum absolute atomic E-state index is 0.0667. The summed E-state index contributed by atoms with van der Waals surface area (Å²) >= 11 is 0. The third kappa shape index (κ3) is 3.09. The fourth-order valence-electron chi connectivity index (χ4n) is 3.86. The highest BCUT2D eigenvalue weighted by molar-refractivity contribution is 6.32. The van der Waals surface area contributed by atoms with Gasteiger partial charge in [0.2, 0.25) is 12.0 Å². The lowest BCUT2D eigenvalue weighted by molar-refractivity contribution is -0.385. The number of rotatable bonds is 6. The number of oxime groups is 1. The number of benzene rings is 2. The van der Waals surface area contributed by atoms with Gasteiger partial charge in [0.1, 0.15) is 11.6 Å². The van der Waals surface area contributed by atoms with E-state index < -0.39 is 28.8 Å². The Hall–Kier alpha value is -4.15. The zero-order valence-electron chi connectivity index (χ0n) is 17.6. The Labute approximate surface area is 182 Å². The van der Waals surface area contributed by atoms with Crippen LogP contribution in [0.2, 0.25) is 0 Å². The van der Waals surface area contributed by atoms with E-state index in [1.807, 2.05) is 0 Å². The lowest BCUT2D eigenvalue weighted by atomic mass is 9.94. The summed E-state index contributed by atoms with van der Waals surface area (Å²) in [5, 5.41) is 15.3. The van der Waals surface area contributed by atoms with Crippen molar-refractivity contribution in [3.63, 3.8) is 0 Å². The second-order valence-electron chi connectivity index (χ2n) is 7.13. The van der Waals surface area contributed by atoms with Crippen LogP contribution in [0.4, 0.5) is 11.4 Å². The van der Waals surface area contributed by atoms with Gasteiger partial charge < -0.3 is 19.0 Å². The van der Waals surface area contributed by atoms with Crippen LogP contribution in [0.25, 0.3) is 0 Å². The number of hydrogen-bond acceptors (Lipinski definition) is 9. The van der Waals surface area contributed by atoms with Gasteiger partial charge in [0, 0.05) is 17.7 Å². The highest BCUT2D eigenvalue weighted by Gasteiger charge is 2.56. The van der Waals surface area contributed by atoms with Crippen LogP contribution in [0.15, 0.2) is 35.5 Å². The van der Waals surface area contributed by atoms with Gasteiger partial charge in [0.05, 0.1) is 31.9 Å². The lowest BCUT2D eigenvalue weighted by Gasteiger charge is -2.19. The molecule has 0 radical (unpaired) electrons. The first-order chi connectivity index (χ1) is 15.3. The molecule has 32 heavy (non-hydrogen) atoms. The minimum Gasteiger partial charge on any atom is -0.493 e. The number of nitrogens with zero attached hydrogens (tertiary/aromatic N) is 3. The molecule has 0 spiro atoms. The molecule has 0 aliphatic carbocycles. The molecule has 0 saturated carbocycles. The van der Waals surface area contributed by atoms with E-state index in [2.05, 4.69) is 5.16 Å². The molecule has 4 rings (SSSR count). The van der Waals surface area contributed by atoms with Crippen molar-refractivity contribution in [1.82, 2.24) is 0 Å². The molecular weight excluding hydrogens is 422 g/mol. The smallest absolute Gasteiger partial charge is 0.311 e. The van der Waals surface area contributed by atoms with Gasteiger partial charge in [-0.2, -0.15) is 0 Å². The molecule has 2 aliphatic heterocycles. The van der Waals surface area contributed by atoms with Crippen molar-refractivity contribution < 1.29 is 33.6 Å². The molecule has 1 fully saturated rings. The van der Waals surface area contributed by atoms with Crippen molar-refractivity contribution in [2.75, 3.05) is 26.2 Å². The van der Waals surface area contributed by atoms with Crippen LogP contribution in [-0.4, -0.2) is 49.9 Å². The van der Waals surface area contributed by atoms with E-state index in [-0.39, 0.29) is 22.8 Å². The molecule has 0 bridgehead atoms. The predicted molar refractivity (Wildman–Crippen MR) is 111 cm³/mol. The molecule has 166 valence electrons. The van der Waals surface area contributed by atoms with Crippen molar-refractivity contribution >= 4 is 28.9 Å². The average Bonchev–Trinajstić information content (AvgIpc) is 3.33. The Morgan fingerprint density at radius 3 is 2.31 bits per heavy atom. The number of amides is 2. The molecule has 1 saturated heterocycles. The molecule has 2 atom stereocenters. The van der Waals surface area contributed by atoms with Gasteiger partial charge in [-0.25, -0.2) is 4.90 Å². The number of nitro groups is 1. The summed E-state index contributed by atoms with van der Waals surface area (Å²) < 4.78 is 15.6. The van der Waals surface area contributed by atoms with Crippen LogP contribution >= 0.6 is 0 Å². The number of carbonyl (C=O) groups is 2. The first-order valence-electron chi connectivity index (χ1n) is 9.49. The van der Waals surface area contributed by atoms with E-state index in [1.54, 1.807) is 25.1 Å². The molecular formula is C21H19N3O8. The number of fused-ring (bicyclic) bond motifs is 1. The predicted octanol–water partition coefficient (Wildman–Crippen LogP) is 2.22. The summed E-state index contributed by atoms with van der Waals surface area (Å²) in [6, 6.07) is 7.55. The van der Waals surface area contributed by atoms with Crippen molar-refractivity contribution in [3.05, 3.63) is 51.6 Å². The Bertz CT molecular complexity index is 1180. The topological polar surface area (TPSA) is 130 Å². The SMILES string of the molecule is COc1ccc(C2=NO[C@H]3C(=O)N(c4cc(OC)c([N+](=O)[O-])cc4C)C(=O)[C@@H]23)cc1OC. The van der Waals surface area contributed by atoms with Crippen molar-refractivity contribution in [3.8, 4) is 17.2 Å². The largest absolute Gasteiger partial charge is 0.493 e. The van der Waals surface area contributed by atoms with Gasteiger partial charge >= 0.3 is 5.69 Å². The van der Waals surface area contributed by atoms with Gasteiger partial charge in [-0.1, -0.05) is 5.16 Å². The monoisotopic (exact) mass is 441 g/mol. The normalized spacial score (nSPS) is 19.4. The minimum atomic E-state index is -1.13.